The highest BCUT2D eigenvalue weighted by Gasteiger charge is 2.45. The van der Waals surface area contributed by atoms with Crippen LogP contribution in [-0.4, -0.2) is 54.2 Å². The summed E-state index contributed by atoms with van der Waals surface area (Å²) in [5, 5.41) is 13.1. The molecule has 2 aromatic carbocycles. The summed E-state index contributed by atoms with van der Waals surface area (Å²) in [4.78, 5) is 3.23. The van der Waals surface area contributed by atoms with Crippen molar-refractivity contribution in [2.75, 3.05) is 37.4 Å². The molecule has 0 aliphatic carbocycles. The van der Waals surface area contributed by atoms with Gasteiger partial charge in [0.15, 0.2) is 5.82 Å². The molecule has 1 saturated heterocycles. The van der Waals surface area contributed by atoms with Crippen molar-refractivity contribution >= 4 is 22.3 Å². The topological polar surface area (TPSA) is 44.3 Å². The summed E-state index contributed by atoms with van der Waals surface area (Å²) in [6.07, 6.45) is -4.13. The van der Waals surface area contributed by atoms with E-state index in [1.165, 1.54) is 13.0 Å². The van der Waals surface area contributed by atoms with E-state index >= 15 is 0 Å². The average molecular weight is 508 g/mol. The highest BCUT2D eigenvalue weighted by molar-refractivity contribution is 5.95. The van der Waals surface area contributed by atoms with E-state index in [-0.39, 0.29) is 5.56 Å². The largest absolute Gasteiger partial charge is 0.416 e. The number of hydrogen-bond donors (Lipinski definition) is 1. The summed E-state index contributed by atoms with van der Waals surface area (Å²) in [5.41, 5.74) is 1.25. The van der Waals surface area contributed by atoms with Gasteiger partial charge in [-0.15, -0.1) is 5.10 Å². The number of halogens is 5. The average Bonchev–Trinajstić information content (AvgIpc) is 2.79. The number of nitrogens with one attached hydrogen (secondary N) is 1. The maximum absolute atomic E-state index is 14.8. The van der Waals surface area contributed by atoms with Gasteiger partial charge in [-0.05, 0) is 70.6 Å². The summed E-state index contributed by atoms with van der Waals surface area (Å²) < 4.78 is 69.9. The molecule has 2 heterocycles. The molecule has 0 amide bonds. The zero-order valence-electron chi connectivity index (χ0n) is 20.9. The lowest BCUT2D eigenvalue weighted by Gasteiger charge is -2.42. The predicted octanol–water partition coefficient (Wildman–Crippen LogP) is 6.21. The van der Waals surface area contributed by atoms with Gasteiger partial charge in [-0.3, -0.25) is 0 Å². The molecule has 36 heavy (non-hydrogen) atoms. The van der Waals surface area contributed by atoms with Crippen molar-refractivity contribution in [2.24, 2.45) is 0 Å². The third-order valence-electron chi connectivity index (χ3n) is 7.00. The molecule has 1 fully saturated rings. The van der Waals surface area contributed by atoms with Gasteiger partial charge in [0.2, 0.25) is 0 Å². The quantitative estimate of drug-likeness (QED) is 0.416. The van der Waals surface area contributed by atoms with Crippen molar-refractivity contribution in [3.05, 3.63) is 58.8 Å². The molecule has 194 valence electrons. The normalized spacial score (nSPS) is 19.1. The molecule has 1 aliphatic rings. The molecule has 1 unspecified atom stereocenters. The smallest absolute Gasteiger partial charge is 0.365 e. The zero-order chi connectivity index (χ0) is 26.4. The van der Waals surface area contributed by atoms with Crippen molar-refractivity contribution < 1.29 is 22.0 Å². The fourth-order valence-electron chi connectivity index (χ4n) is 5.08. The minimum atomic E-state index is -4.45. The third kappa shape index (κ3) is 4.96. The molecule has 1 aromatic heterocycles. The Morgan fingerprint density at radius 3 is 2.44 bits per heavy atom. The van der Waals surface area contributed by atoms with E-state index in [0.717, 1.165) is 11.5 Å². The Morgan fingerprint density at radius 2 is 1.81 bits per heavy atom. The van der Waals surface area contributed by atoms with Crippen LogP contribution in [0, 0.1) is 13.8 Å². The van der Waals surface area contributed by atoms with Crippen LogP contribution >= 0.6 is 0 Å². The van der Waals surface area contributed by atoms with Gasteiger partial charge < -0.3 is 15.1 Å². The van der Waals surface area contributed by atoms with Gasteiger partial charge in [-0.25, -0.2) is 8.78 Å². The number of hydrogen-bond acceptors (Lipinski definition) is 5. The number of nitrogens with zero attached hydrogens (tertiary/aromatic N) is 4. The first-order valence-electron chi connectivity index (χ1n) is 11.8. The maximum Gasteiger partial charge on any atom is 0.416 e. The second kappa shape index (κ2) is 9.46. The van der Waals surface area contributed by atoms with Gasteiger partial charge in [0, 0.05) is 23.0 Å². The van der Waals surface area contributed by atoms with Crippen molar-refractivity contribution in [1.29, 1.82) is 0 Å². The van der Waals surface area contributed by atoms with E-state index in [0.29, 0.717) is 41.1 Å². The van der Waals surface area contributed by atoms with Crippen molar-refractivity contribution in [1.82, 2.24) is 15.1 Å². The van der Waals surface area contributed by atoms with Crippen molar-refractivity contribution in [2.45, 2.75) is 51.4 Å². The lowest BCUT2D eigenvalue weighted by molar-refractivity contribution is -0.138. The second-order valence-corrected chi connectivity index (χ2v) is 9.70. The Bertz CT molecular complexity index is 1260. The molecule has 4 rings (SSSR count). The fraction of sp³-hybridized carbons (Fsp3) is 0.462. The maximum atomic E-state index is 14.8. The summed E-state index contributed by atoms with van der Waals surface area (Å²) in [5.74, 6) is -2.49. The first kappa shape index (κ1) is 26.1. The van der Waals surface area contributed by atoms with E-state index in [9.17, 15) is 22.0 Å². The summed E-state index contributed by atoms with van der Waals surface area (Å²) in [6.45, 7) is 5.08. The fourth-order valence-corrected chi connectivity index (χ4v) is 5.08. The number of piperidine rings is 1. The van der Waals surface area contributed by atoms with E-state index < -0.39 is 36.3 Å². The standard InChI is InChI=1S/C26H30F5N5/c1-15-19(7-6-8-22(15)26(29,30)31)16(2)32-24-21-13-18(9-10-20(21)17(3)33-34-24)36-12-11-23(35(4)5)25(27,28)14-36/h6-10,13,16,23H,11-12,14H2,1-5H3,(H,32,34)/t16-,23?/m1/s1. The van der Waals surface area contributed by atoms with Gasteiger partial charge in [0.1, 0.15) is 0 Å². The number of fused-ring (bicyclic) bond motifs is 1. The minimum Gasteiger partial charge on any atom is -0.365 e. The van der Waals surface area contributed by atoms with Gasteiger partial charge in [0.25, 0.3) is 5.92 Å². The third-order valence-corrected chi connectivity index (χ3v) is 7.00. The Labute approximate surface area is 207 Å². The van der Waals surface area contributed by atoms with Crippen LogP contribution in [0.2, 0.25) is 0 Å². The number of benzene rings is 2. The van der Waals surface area contributed by atoms with E-state index in [1.807, 2.05) is 6.07 Å². The predicted molar refractivity (Wildman–Crippen MR) is 132 cm³/mol. The van der Waals surface area contributed by atoms with Gasteiger partial charge in [0.05, 0.1) is 29.9 Å². The molecule has 0 bridgehead atoms. The van der Waals surface area contributed by atoms with Crippen LogP contribution in [0.25, 0.3) is 10.8 Å². The van der Waals surface area contributed by atoms with Gasteiger partial charge >= 0.3 is 6.18 Å². The van der Waals surface area contributed by atoms with Crippen LogP contribution in [0.5, 0.6) is 0 Å². The summed E-state index contributed by atoms with van der Waals surface area (Å²) >= 11 is 0. The SMILES string of the molecule is Cc1c([C@@H](C)Nc2nnc(C)c3ccc(N4CCC(N(C)C)C(F)(F)C4)cc23)cccc1C(F)(F)F. The van der Waals surface area contributed by atoms with Crippen LogP contribution in [-0.2, 0) is 6.18 Å². The van der Waals surface area contributed by atoms with E-state index in [4.69, 9.17) is 0 Å². The van der Waals surface area contributed by atoms with Gasteiger partial charge in [-0.1, -0.05) is 18.2 Å². The van der Waals surface area contributed by atoms with Crippen LogP contribution in [0.1, 0.15) is 41.8 Å². The highest BCUT2D eigenvalue weighted by Crippen LogP contribution is 2.37. The number of anilines is 2. The lowest BCUT2D eigenvalue weighted by Crippen LogP contribution is -2.56. The van der Waals surface area contributed by atoms with E-state index in [1.54, 1.807) is 55.9 Å². The number of aromatic nitrogens is 2. The molecule has 2 atom stereocenters. The monoisotopic (exact) mass is 507 g/mol. The number of rotatable bonds is 5. The molecule has 5 nitrogen and oxygen atoms in total. The lowest BCUT2D eigenvalue weighted by atomic mass is 9.97. The Morgan fingerprint density at radius 1 is 1.08 bits per heavy atom. The van der Waals surface area contributed by atoms with Gasteiger partial charge in [-0.2, -0.15) is 18.3 Å². The van der Waals surface area contributed by atoms with Crippen LogP contribution in [0.4, 0.5) is 33.5 Å². The zero-order valence-corrected chi connectivity index (χ0v) is 20.9. The van der Waals surface area contributed by atoms with Crippen LogP contribution < -0.4 is 10.2 Å². The minimum absolute atomic E-state index is 0.140. The van der Waals surface area contributed by atoms with Crippen molar-refractivity contribution in [3.63, 3.8) is 0 Å². The first-order valence-corrected chi connectivity index (χ1v) is 11.8. The van der Waals surface area contributed by atoms with Crippen LogP contribution in [0.15, 0.2) is 36.4 Å². The molecule has 0 saturated carbocycles. The number of alkyl halides is 5. The molecular weight excluding hydrogens is 477 g/mol. The Kier molecular flexibility index (Phi) is 6.85. The molecular formula is C26H30F5N5. The second-order valence-electron chi connectivity index (χ2n) is 9.70. The van der Waals surface area contributed by atoms with Crippen molar-refractivity contribution in [3.8, 4) is 0 Å². The molecule has 3 aromatic rings. The first-order chi connectivity index (χ1) is 16.8. The summed E-state index contributed by atoms with van der Waals surface area (Å²) in [6, 6.07) is 8.20. The van der Waals surface area contributed by atoms with E-state index in [2.05, 4.69) is 15.5 Å². The Hall–Kier alpha value is -3.01. The molecule has 0 radical (unpaired) electrons. The van der Waals surface area contributed by atoms with Crippen LogP contribution in [0.3, 0.4) is 0 Å². The number of aryl methyl sites for hydroxylation is 1. The molecule has 10 heteroatoms. The Balaban J connectivity index is 1.68. The highest BCUT2D eigenvalue weighted by atomic mass is 19.4. The molecule has 0 spiro atoms. The molecule has 1 N–H and O–H groups in total. The molecule has 1 aliphatic heterocycles. The summed E-state index contributed by atoms with van der Waals surface area (Å²) in [7, 11) is 3.33.